The van der Waals surface area contributed by atoms with Gasteiger partial charge in [0.15, 0.2) is 0 Å². The molecule has 0 saturated heterocycles. The highest BCUT2D eigenvalue weighted by Gasteiger charge is 2.35. The molecule has 0 saturated carbocycles. The average molecular weight is 471 g/mol. The Hall–Kier alpha value is -4.06. The van der Waals surface area contributed by atoms with Gasteiger partial charge >= 0.3 is 0 Å². The average Bonchev–Trinajstić information content (AvgIpc) is 3.26. The van der Waals surface area contributed by atoms with Gasteiger partial charge < -0.3 is 10.3 Å². The number of amidine groups is 1. The van der Waals surface area contributed by atoms with E-state index in [9.17, 15) is 4.39 Å². The molecule has 35 heavy (non-hydrogen) atoms. The van der Waals surface area contributed by atoms with Crippen LogP contribution in [0.25, 0.3) is 0 Å². The lowest BCUT2D eigenvalue weighted by molar-refractivity contribution is 0.384. The maximum absolute atomic E-state index is 15.0. The predicted octanol–water partition coefficient (Wildman–Crippen LogP) is 6.60. The summed E-state index contributed by atoms with van der Waals surface area (Å²) in [6.07, 6.45) is 1.36. The molecule has 4 aromatic rings. The normalized spacial score (nSPS) is 16.4. The van der Waals surface area contributed by atoms with Gasteiger partial charge in [0.2, 0.25) is 0 Å². The topological polar surface area (TPSA) is 55.7 Å². The van der Waals surface area contributed by atoms with Gasteiger partial charge in [-0.05, 0) is 25.1 Å². The van der Waals surface area contributed by atoms with Gasteiger partial charge in [0.05, 0.1) is 23.6 Å². The molecule has 3 aromatic carbocycles. The van der Waals surface area contributed by atoms with Crippen LogP contribution in [0.5, 0.6) is 0 Å². The van der Waals surface area contributed by atoms with Crippen molar-refractivity contribution >= 4 is 17.2 Å². The van der Waals surface area contributed by atoms with E-state index < -0.39 is 17.2 Å². The molecule has 1 atom stereocenters. The first kappa shape index (κ1) is 24.1. The monoisotopic (exact) mass is 470 g/mol. The quantitative estimate of drug-likeness (QED) is 0.336. The number of hydrogen-bond donors (Lipinski definition) is 1. The molecule has 6 heteroatoms. The Morgan fingerprint density at radius 1 is 0.914 bits per heavy atom. The van der Waals surface area contributed by atoms with E-state index in [1.54, 1.807) is 23.6 Å². The van der Waals surface area contributed by atoms with Gasteiger partial charge in [-0.3, -0.25) is 4.99 Å². The number of halogens is 2. The molecule has 0 radical (unpaired) electrons. The Kier molecular flexibility index (Phi) is 6.92. The first-order valence-electron chi connectivity index (χ1n) is 11.6. The van der Waals surface area contributed by atoms with Crippen molar-refractivity contribution in [2.24, 2.45) is 15.7 Å². The van der Waals surface area contributed by atoms with Crippen molar-refractivity contribution in [3.8, 4) is 0 Å². The summed E-state index contributed by atoms with van der Waals surface area (Å²) in [6.45, 7) is 6.06. The van der Waals surface area contributed by atoms with Gasteiger partial charge in [0.1, 0.15) is 23.0 Å². The third-order valence-corrected chi connectivity index (χ3v) is 5.84. The summed E-state index contributed by atoms with van der Waals surface area (Å²) in [5.74, 6) is -0.637. The number of nitrogens with two attached hydrogens (primary N) is 1. The number of benzene rings is 3. The summed E-state index contributed by atoms with van der Waals surface area (Å²) in [7, 11) is 0. The summed E-state index contributed by atoms with van der Waals surface area (Å²) in [6, 6.07) is 25.8. The Morgan fingerprint density at radius 3 is 2.11 bits per heavy atom. The van der Waals surface area contributed by atoms with E-state index >= 15 is 4.39 Å². The summed E-state index contributed by atoms with van der Waals surface area (Å²) in [5.41, 5.74) is 9.23. The zero-order valence-electron chi connectivity index (χ0n) is 20.0. The van der Waals surface area contributed by atoms with Crippen LogP contribution in [0.1, 0.15) is 43.2 Å². The van der Waals surface area contributed by atoms with Crippen LogP contribution in [0.4, 0.5) is 14.5 Å². The standard InChI is InChI=1S/C27H22F2N4.C2H6/c1-27(17-33-16-20(28)14-24(33)26(30)32-27)22-15-21(12-13-23(22)29)31-25(18-8-4-2-5-9-18)19-10-6-3-7-11-19;1-2/h2-16H,17H2,1H3,(H2,30,32);1-2H3. The van der Waals surface area contributed by atoms with Gasteiger partial charge in [0.25, 0.3) is 0 Å². The summed E-state index contributed by atoms with van der Waals surface area (Å²) < 4.78 is 30.5. The first-order chi connectivity index (χ1) is 16.9. The number of rotatable bonds is 4. The Morgan fingerprint density at radius 2 is 1.51 bits per heavy atom. The second kappa shape index (κ2) is 10.1. The Labute approximate surface area is 204 Å². The minimum Gasteiger partial charge on any atom is -0.382 e. The van der Waals surface area contributed by atoms with Gasteiger partial charge in [-0.1, -0.05) is 74.5 Å². The zero-order valence-corrected chi connectivity index (χ0v) is 20.0. The van der Waals surface area contributed by atoms with E-state index in [1.807, 2.05) is 74.5 Å². The predicted molar refractivity (Wildman–Crippen MR) is 138 cm³/mol. The van der Waals surface area contributed by atoms with Gasteiger partial charge in [-0.2, -0.15) is 0 Å². The van der Waals surface area contributed by atoms with Crippen molar-refractivity contribution < 1.29 is 8.78 Å². The van der Waals surface area contributed by atoms with Crippen molar-refractivity contribution in [3.63, 3.8) is 0 Å². The van der Waals surface area contributed by atoms with Crippen LogP contribution in [0.2, 0.25) is 0 Å². The molecule has 178 valence electrons. The molecule has 5 rings (SSSR count). The van der Waals surface area contributed by atoms with E-state index in [0.717, 1.165) is 16.8 Å². The highest BCUT2D eigenvalue weighted by molar-refractivity contribution is 6.13. The van der Waals surface area contributed by atoms with Crippen molar-refractivity contribution in [2.75, 3.05) is 0 Å². The van der Waals surface area contributed by atoms with Crippen LogP contribution in [0.3, 0.4) is 0 Å². The molecule has 2 heterocycles. The fraction of sp³-hybridized carbons (Fsp3) is 0.172. The van der Waals surface area contributed by atoms with Gasteiger partial charge in [-0.15, -0.1) is 0 Å². The van der Waals surface area contributed by atoms with E-state index in [4.69, 9.17) is 10.7 Å². The summed E-state index contributed by atoms with van der Waals surface area (Å²) in [4.78, 5) is 9.45. The highest BCUT2D eigenvalue weighted by atomic mass is 19.1. The minimum absolute atomic E-state index is 0.176. The van der Waals surface area contributed by atoms with Crippen LogP contribution >= 0.6 is 0 Å². The number of aliphatic imine (C=N–C) groups is 2. The van der Waals surface area contributed by atoms with E-state index in [1.165, 1.54) is 18.3 Å². The molecule has 1 aliphatic heterocycles. The molecule has 4 nitrogen and oxygen atoms in total. The lowest BCUT2D eigenvalue weighted by atomic mass is 9.90. The molecule has 0 spiro atoms. The second-order valence-electron chi connectivity index (χ2n) is 8.30. The molecule has 0 amide bonds. The zero-order chi connectivity index (χ0) is 25.0. The molecule has 0 fully saturated rings. The molecule has 2 N–H and O–H groups in total. The van der Waals surface area contributed by atoms with Crippen LogP contribution < -0.4 is 5.73 Å². The minimum atomic E-state index is -1.00. The van der Waals surface area contributed by atoms with Crippen molar-refractivity contribution in [1.29, 1.82) is 0 Å². The second-order valence-corrected chi connectivity index (χ2v) is 8.30. The summed E-state index contributed by atoms with van der Waals surface area (Å²) in [5, 5.41) is 0. The third kappa shape index (κ3) is 4.92. The lowest BCUT2D eigenvalue weighted by Gasteiger charge is -2.32. The number of nitrogens with zero attached hydrogens (tertiary/aromatic N) is 3. The lowest BCUT2D eigenvalue weighted by Crippen LogP contribution is -2.37. The van der Waals surface area contributed by atoms with Crippen LogP contribution in [-0.2, 0) is 12.1 Å². The van der Waals surface area contributed by atoms with Crippen LogP contribution in [0.15, 0.2) is 101 Å². The molecular weight excluding hydrogens is 442 g/mol. The summed E-state index contributed by atoms with van der Waals surface area (Å²) >= 11 is 0. The smallest absolute Gasteiger partial charge is 0.143 e. The van der Waals surface area contributed by atoms with Crippen LogP contribution in [0, 0.1) is 11.6 Å². The maximum Gasteiger partial charge on any atom is 0.143 e. The largest absolute Gasteiger partial charge is 0.382 e. The molecular formula is C29H28F2N4. The fourth-order valence-electron chi connectivity index (χ4n) is 4.27. The molecule has 1 unspecified atom stereocenters. The van der Waals surface area contributed by atoms with E-state index in [2.05, 4.69) is 4.99 Å². The Balaban J connectivity index is 0.00000141. The molecule has 0 bridgehead atoms. The number of fused-ring (bicyclic) bond motifs is 1. The molecule has 0 aliphatic carbocycles. The van der Waals surface area contributed by atoms with Gasteiger partial charge in [-0.25, -0.2) is 13.8 Å². The number of aromatic nitrogens is 1. The SMILES string of the molecule is CC.CC1(c2cc(N=C(c3ccccc3)c3ccccc3)ccc2F)Cn2cc(F)cc2C(N)=N1. The van der Waals surface area contributed by atoms with Crippen molar-refractivity contribution in [3.05, 3.63) is 125 Å². The van der Waals surface area contributed by atoms with E-state index in [0.29, 0.717) is 16.9 Å². The van der Waals surface area contributed by atoms with Crippen molar-refractivity contribution in [2.45, 2.75) is 32.9 Å². The fourth-order valence-corrected chi connectivity index (χ4v) is 4.27. The van der Waals surface area contributed by atoms with Crippen molar-refractivity contribution in [1.82, 2.24) is 4.57 Å². The number of hydrogen-bond acceptors (Lipinski definition) is 3. The van der Waals surface area contributed by atoms with E-state index in [-0.39, 0.29) is 12.4 Å². The first-order valence-corrected chi connectivity index (χ1v) is 11.6. The van der Waals surface area contributed by atoms with Gasteiger partial charge in [0, 0.05) is 29.0 Å². The molecule has 1 aromatic heterocycles. The van der Waals surface area contributed by atoms with Crippen LogP contribution in [-0.4, -0.2) is 16.1 Å². The highest BCUT2D eigenvalue weighted by Crippen LogP contribution is 2.36. The molecule has 1 aliphatic rings. The third-order valence-electron chi connectivity index (χ3n) is 5.84. The maximum atomic E-state index is 15.0. The Bertz CT molecular complexity index is 1330.